The molecule has 13 heteroatoms. The van der Waals surface area contributed by atoms with Gasteiger partial charge in [-0.2, -0.15) is 0 Å². The van der Waals surface area contributed by atoms with Crippen molar-refractivity contribution in [2.24, 2.45) is 0 Å². The summed E-state index contributed by atoms with van der Waals surface area (Å²) in [5.41, 5.74) is 1.37. The van der Waals surface area contributed by atoms with Crippen molar-refractivity contribution in [2.75, 3.05) is 145 Å². The van der Waals surface area contributed by atoms with Gasteiger partial charge in [0.2, 0.25) is 0 Å². The number of hydrogen-bond acceptors (Lipinski definition) is 13. The molecule has 0 spiro atoms. The fraction of sp³-hybridized carbons (Fsp3) is 0.821. The third-order valence-electron chi connectivity index (χ3n) is 7.34. The second kappa shape index (κ2) is 40.3. The average molecular weight is 747 g/mol. The van der Waals surface area contributed by atoms with E-state index in [1.165, 1.54) is 44.1 Å². The average Bonchev–Trinajstić information content (AvgIpc) is 3.15. The zero-order valence-corrected chi connectivity index (χ0v) is 32.3. The highest BCUT2D eigenvalue weighted by atomic mass is 16.6. The van der Waals surface area contributed by atoms with Crippen LogP contribution in [0, 0.1) is 0 Å². The highest BCUT2D eigenvalue weighted by Crippen LogP contribution is 2.15. The Labute approximate surface area is 313 Å². The van der Waals surface area contributed by atoms with Crippen molar-refractivity contribution in [3.63, 3.8) is 0 Å². The number of aryl methyl sites for hydroxylation is 1. The number of benzene rings is 1. The molecule has 0 amide bonds. The molecule has 0 N–H and O–H groups in total. The Kier molecular flexibility index (Phi) is 37.3. The van der Waals surface area contributed by atoms with Gasteiger partial charge in [-0.1, -0.05) is 51.2 Å². The van der Waals surface area contributed by atoms with Gasteiger partial charge in [0, 0.05) is 0 Å². The molecule has 0 heterocycles. The SMILES string of the molecule is CCCCCCCCc1ccc(OCCOCCOCCOCCOCCOCCOCCOCCOCCOCCOCCC(=O)OCC)cc1. The zero-order valence-electron chi connectivity index (χ0n) is 32.3. The fourth-order valence-corrected chi connectivity index (χ4v) is 4.55. The molecule has 52 heavy (non-hydrogen) atoms. The molecule has 0 saturated carbocycles. The van der Waals surface area contributed by atoms with Crippen LogP contribution in [0.1, 0.15) is 64.4 Å². The van der Waals surface area contributed by atoms with Crippen molar-refractivity contribution in [2.45, 2.75) is 65.2 Å². The summed E-state index contributed by atoms with van der Waals surface area (Å²) in [5.74, 6) is 0.632. The number of ether oxygens (including phenoxy) is 12. The van der Waals surface area contributed by atoms with Gasteiger partial charge >= 0.3 is 5.97 Å². The van der Waals surface area contributed by atoms with E-state index in [1.807, 2.05) is 12.1 Å². The van der Waals surface area contributed by atoms with Crippen LogP contribution in [0.4, 0.5) is 0 Å². The molecule has 1 aromatic rings. The molecule has 0 radical (unpaired) electrons. The number of carbonyl (C=O) groups excluding carboxylic acids is 1. The summed E-state index contributed by atoms with van der Waals surface area (Å²) in [4.78, 5) is 11.2. The lowest BCUT2D eigenvalue weighted by atomic mass is 10.0. The smallest absolute Gasteiger partial charge is 0.308 e. The third kappa shape index (κ3) is 35.1. The van der Waals surface area contributed by atoms with Crippen molar-refractivity contribution >= 4 is 5.97 Å². The Balaban J connectivity index is 1.68. The first-order valence-electron chi connectivity index (χ1n) is 19.4. The van der Waals surface area contributed by atoms with E-state index in [0.29, 0.717) is 145 Å². The predicted molar refractivity (Wildman–Crippen MR) is 198 cm³/mol. The van der Waals surface area contributed by atoms with E-state index in [2.05, 4.69) is 19.1 Å². The molecule has 0 aliphatic heterocycles. The van der Waals surface area contributed by atoms with E-state index < -0.39 is 0 Å². The van der Waals surface area contributed by atoms with Crippen LogP contribution < -0.4 is 4.74 Å². The lowest BCUT2D eigenvalue weighted by molar-refractivity contribution is -0.144. The molecule has 0 saturated heterocycles. The van der Waals surface area contributed by atoms with Crippen molar-refractivity contribution in [3.05, 3.63) is 29.8 Å². The second-order valence-corrected chi connectivity index (χ2v) is 11.7. The van der Waals surface area contributed by atoms with E-state index in [0.717, 1.165) is 12.2 Å². The third-order valence-corrected chi connectivity index (χ3v) is 7.34. The predicted octanol–water partition coefficient (Wildman–Crippen LogP) is 5.09. The lowest BCUT2D eigenvalue weighted by Crippen LogP contribution is -2.15. The molecule has 0 unspecified atom stereocenters. The number of rotatable bonds is 42. The normalized spacial score (nSPS) is 11.3. The van der Waals surface area contributed by atoms with Crippen molar-refractivity contribution in [1.82, 2.24) is 0 Å². The van der Waals surface area contributed by atoms with Gasteiger partial charge in [-0.25, -0.2) is 0 Å². The number of hydrogen-bond donors (Lipinski definition) is 0. The first-order chi connectivity index (χ1) is 25.8. The maximum Gasteiger partial charge on any atom is 0.308 e. The Bertz CT molecular complexity index is 859. The van der Waals surface area contributed by atoms with E-state index in [4.69, 9.17) is 56.8 Å². The van der Waals surface area contributed by atoms with E-state index in [1.54, 1.807) is 6.92 Å². The fourth-order valence-electron chi connectivity index (χ4n) is 4.55. The van der Waals surface area contributed by atoms with Crippen molar-refractivity contribution in [1.29, 1.82) is 0 Å². The molecule has 0 bridgehead atoms. The van der Waals surface area contributed by atoms with Gasteiger partial charge in [-0.05, 0) is 37.5 Å². The molecule has 0 fully saturated rings. The second-order valence-electron chi connectivity index (χ2n) is 11.7. The number of carbonyl (C=O) groups is 1. The van der Waals surface area contributed by atoms with Crippen LogP contribution in [-0.2, 0) is 63.3 Å². The lowest BCUT2D eigenvalue weighted by Gasteiger charge is -2.09. The van der Waals surface area contributed by atoms with Gasteiger partial charge in [0.05, 0.1) is 145 Å². The quantitative estimate of drug-likeness (QED) is 0.0652. The highest BCUT2D eigenvalue weighted by molar-refractivity contribution is 5.69. The van der Waals surface area contributed by atoms with Gasteiger partial charge in [-0.15, -0.1) is 0 Å². The summed E-state index contributed by atoms with van der Waals surface area (Å²) >= 11 is 0. The minimum Gasteiger partial charge on any atom is -0.491 e. The van der Waals surface area contributed by atoms with Gasteiger partial charge in [-0.3, -0.25) is 4.79 Å². The van der Waals surface area contributed by atoms with Gasteiger partial charge < -0.3 is 56.8 Å². The van der Waals surface area contributed by atoms with Gasteiger partial charge in [0.1, 0.15) is 12.4 Å². The van der Waals surface area contributed by atoms with Crippen LogP contribution in [0.3, 0.4) is 0 Å². The Morgan fingerprint density at radius 3 is 1.15 bits per heavy atom. The molecule has 13 nitrogen and oxygen atoms in total. The molecule has 1 rings (SSSR count). The molecule has 0 aromatic heterocycles. The summed E-state index contributed by atoms with van der Waals surface area (Å²) in [7, 11) is 0. The van der Waals surface area contributed by atoms with Crippen molar-refractivity contribution < 1.29 is 61.6 Å². The minimum atomic E-state index is -0.250. The highest BCUT2D eigenvalue weighted by Gasteiger charge is 2.01. The van der Waals surface area contributed by atoms with Crippen LogP contribution in [0.5, 0.6) is 5.75 Å². The molecule has 1 aromatic carbocycles. The van der Waals surface area contributed by atoms with Crippen LogP contribution in [0.2, 0.25) is 0 Å². The Hall–Kier alpha value is -1.91. The van der Waals surface area contributed by atoms with Crippen LogP contribution in [0.15, 0.2) is 24.3 Å². The summed E-state index contributed by atoms with van der Waals surface area (Å²) in [6, 6.07) is 8.43. The van der Waals surface area contributed by atoms with Gasteiger partial charge in [0.25, 0.3) is 0 Å². The van der Waals surface area contributed by atoms with Crippen LogP contribution >= 0.6 is 0 Å². The van der Waals surface area contributed by atoms with E-state index in [-0.39, 0.29) is 12.4 Å². The standard InChI is InChI=1S/C39H70O13/c1-3-5-6-7-8-9-10-37-11-13-38(14-12-37)52-36-35-50-34-33-49-32-31-48-30-29-47-28-27-46-26-25-45-24-23-44-22-21-43-20-19-42-18-17-41-16-15-39(40)51-4-2/h11-14H,3-10,15-36H2,1-2H3. The molecule has 0 aliphatic rings. The summed E-state index contributed by atoms with van der Waals surface area (Å²) in [5, 5.41) is 0. The first-order valence-corrected chi connectivity index (χ1v) is 19.4. The maximum absolute atomic E-state index is 11.2. The van der Waals surface area contributed by atoms with Gasteiger partial charge in [0.15, 0.2) is 0 Å². The monoisotopic (exact) mass is 746 g/mol. The first kappa shape index (κ1) is 48.1. The maximum atomic E-state index is 11.2. The Morgan fingerprint density at radius 2 is 0.769 bits per heavy atom. The summed E-state index contributed by atoms with van der Waals surface area (Å²) in [6.45, 7) is 14.7. The molecular weight excluding hydrogens is 676 g/mol. The molecule has 0 atom stereocenters. The largest absolute Gasteiger partial charge is 0.491 e. The van der Waals surface area contributed by atoms with Crippen LogP contribution in [0.25, 0.3) is 0 Å². The van der Waals surface area contributed by atoms with Crippen LogP contribution in [-0.4, -0.2) is 151 Å². The summed E-state index contributed by atoms with van der Waals surface area (Å²) < 4.78 is 65.4. The molecule has 0 aliphatic carbocycles. The topological polar surface area (TPSA) is 128 Å². The number of unbranched alkanes of at least 4 members (excludes halogenated alkanes) is 5. The Morgan fingerprint density at radius 1 is 0.423 bits per heavy atom. The number of esters is 1. The molecule has 304 valence electrons. The van der Waals surface area contributed by atoms with Crippen molar-refractivity contribution in [3.8, 4) is 5.75 Å². The molecular formula is C39H70O13. The minimum absolute atomic E-state index is 0.250. The van der Waals surface area contributed by atoms with E-state index in [9.17, 15) is 4.79 Å². The van der Waals surface area contributed by atoms with E-state index >= 15 is 0 Å². The zero-order chi connectivity index (χ0) is 37.3. The summed E-state index contributed by atoms with van der Waals surface area (Å²) in [6.07, 6.45) is 9.33.